The molecular weight excluding hydrogens is 684 g/mol. The van der Waals surface area contributed by atoms with Gasteiger partial charge in [0, 0.05) is 0 Å². The molecule has 0 heterocycles. The van der Waals surface area contributed by atoms with Crippen LogP contribution in [0.1, 0.15) is 54.5 Å². The molecule has 2 aliphatic rings. The molecule has 4 aromatic rings. The molecule has 43 heavy (non-hydrogen) atoms. The first-order valence-electron chi connectivity index (χ1n) is 13.2. The normalized spacial score (nSPS) is 17.1. The summed E-state index contributed by atoms with van der Waals surface area (Å²) in [5.74, 6) is 0. The van der Waals surface area contributed by atoms with Crippen LogP contribution in [0.15, 0.2) is 96.1 Å². The zero-order valence-electron chi connectivity index (χ0n) is 22.9. The second kappa shape index (κ2) is 12.4. The van der Waals surface area contributed by atoms with E-state index in [1.54, 1.807) is 24.3 Å². The van der Waals surface area contributed by atoms with Crippen LogP contribution in [0.4, 0.5) is 26.3 Å². The quantitative estimate of drug-likeness (QED) is 0.269. The van der Waals surface area contributed by atoms with Gasteiger partial charge in [0.25, 0.3) is 0 Å². The number of halogens is 8. The first kappa shape index (κ1) is 33.3. The van der Waals surface area contributed by atoms with Crippen molar-refractivity contribution in [3.8, 4) is 22.3 Å². The Balaban J connectivity index is 0.00000212. The molecular formula is C34H24Cl2F6Zr. The van der Waals surface area contributed by atoms with E-state index >= 15 is 0 Å². The number of rotatable bonds is 4. The molecule has 0 fully saturated rings. The van der Waals surface area contributed by atoms with E-state index in [-0.39, 0.29) is 43.2 Å². The Morgan fingerprint density at radius 2 is 0.837 bits per heavy atom. The maximum atomic E-state index is 13.9. The van der Waals surface area contributed by atoms with Crippen molar-refractivity contribution in [1.82, 2.24) is 0 Å². The van der Waals surface area contributed by atoms with Crippen LogP contribution in [-0.4, -0.2) is 0 Å². The van der Waals surface area contributed by atoms with Crippen molar-refractivity contribution in [2.24, 2.45) is 0 Å². The Kier molecular flexibility index (Phi) is 9.62. The first-order valence-corrected chi connectivity index (χ1v) is 16.0. The van der Waals surface area contributed by atoms with Crippen LogP contribution in [-0.2, 0) is 35.6 Å². The predicted molar refractivity (Wildman–Crippen MR) is 147 cm³/mol. The molecule has 0 N–H and O–H groups in total. The summed E-state index contributed by atoms with van der Waals surface area (Å²) >= 11 is -1.37. The van der Waals surface area contributed by atoms with E-state index < -0.39 is 46.7 Å². The molecule has 2 atom stereocenters. The third kappa shape index (κ3) is 6.06. The fourth-order valence-corrected chi connectivity index (χ4v) is 10.8. The van der Waals surface area contributed by atoms with Crippen LogP contribution >= 0.6 is 0 Å². The zero-order valence-corrected chi connectivity index (χ0v) is 26.9. The average Bonchev–Trinajstić information content (AvgIpc) is 3.43. The Bertz CT molecular complexity index is 1610. The fourth-order valence-electron chi connectivity index (χ4n) is 6.11. The SMILES string of the molecule is CC1=Cc2c(-c3ccccc3C(F)(F)F)cccc2[CH]1[Zr+2][CH]1C(C)=Cc2c(-c3ccccc3C(F)(F)F)cccc21.[Cl-].[Cl-]. The van der Waals surface area contributed by atoms with Crippen molar-refractivity contribution < 1.29 is 74.4 Å². The van der Waals surface area contributed by atoms with E-state index in [2.05, 4.69) is 0 Å². The van der Waals surface area contributed by atoms with Crippen molar-refractivity contribution in [2.75, 3.05) is 0 Å². The third-order valence-electron chi connectivity index (χ3n) is 7.94. The second-order valence-electron chi connectivity index (χ2n) is 10.5. The van der Waals surface area contributed by atoms with Gasteiger partial charge in [-0.25, -0.2) is 0 Å². The summed E-state index contributed by atoms with van der Waals surface area (Å²) in [6.07, 6.45) is -4.89. The summed E-state index contributed by atoms with van der Waals surface area (Å²) < 4.78 is 83.5. The van der Waals surface area contributed by atoms with Gasteiger partial charge in [-0.2, -0.15) is 0 Å². The molecule has 0 amide bonds. The van der Waals surface area contributed by atoms with E-state index in [0.29, 0.717) is 11.1 Å². The molecule has 0 bridgehead atoms. The van der Waals surface area contributed by atoms with Crippen LogP contribution in [0.3, 0.4) is 0 Å². The van der Waals surface area contributed by atoms with Gasteiger partial charge >= 0.3 is 247 Å². The molecule has 0 saturated carbocycles. The first-order chi connectivity index (χ1) is 19.4. The van der Waals surface area contributed by atoms with E-state index in [4.69, 9.17) is 0 Å². The van der Waals surface area contributed by atoms with Gasteiger partial charge in [-0.15, -0.1) is 0 Å². The minimum Gasteiger partial charge on any atom is -1.00 e. The van der Waals surface area contributed by atoms with Crippen molar-refractivity contribution >= 4 is 12.2 Å². The predicted octanol–water partition coefficient (Wildman–Crippen LogP) is 4.76. The molecule has 2 aliphatic carbocycles. The van der Waals surface area contributed by atoms with Crippen LogP contribution in [0.25, 0.3) is 34.4 Å². The van der Waals surface area contributed by atoms with Gasteiger partial charge in [-0.05, 0) is 0 Å². The van der Waals surface area contributed by atoms with E-state index in [1.807, 2.05) is 50.3 Å². The van der Waals surface area contributed by atoms with Crippen molar-refractivity contribution in [3.63, 3.8) is 0 Å². The van der Waals surface area contributed by atoms with Gasteiger partial charge in [-0.1, -0.05) is 0 Å². The van der Waals surface area contributed by atoms with Gasteiger partial charge in [0.1, 0.15) is 0 Å². The van der Waals surface area contributed by atoms with Crippen LogP contribution in [0, 0.1) is 0 Å². The van der Waals surface area contributed by atoms with Gasteiger partial charge in [0.05, 0.1) is 0 Å². The maximum Gasteiger partial charge on any atom is -1.00 e. The topological polar surface area (TPSA) is 0 Å². The minimum absolute atomic E-state index is 0. The number of hydrogen-bond donors (Lipinski definition) is 0. The molecule has 220 valence electrons. The largest absolute Gasteiger partial charge is 1.00 e. The Morgan fingerprint density at radius 1 is 0.488 bits per heavy atom. The molecule has 2 unspecified atom stereocenters. The summed E-state index contributed by atoms with van der Waals surface area (Å²) in [4.78, 5) is 0. The number of benzene rings is 4. The summed E-state index contributed by atoms with van der Waals surface area (Å²) in [5.41, 5.74) is 6.18. The van der Waals surface area contributed by atoms with Crippen molar-refractivity contribution in [3.05, 3.63) is 129 Å². The summed E-state index contributed by atoms with van der Waals surface area (Å²) in [6.45, 7) is 4.08. The average molecular weight is 709 g/mol. The minimum atomic E-state index is -4.47. The fraction of sp³-hybridized carbons (Fsp3) is 0.176. The molecule has 0 aromatic heterocycles. The van der Waals surface area contributed by atoms with Gasteiger partial charge < -0.3 is 24.8 Å². The van der Waals surface area contributed by atoms with E-state index in [9.17, 15) is 26.3 Å². The molecule has 0 spiro atoms. The van der Waals surface area contributed by atoms with Gasteiger partial charge in [0.2, 0.25) is 0 Å². The molecule has 6 rings (SSSR count). The number of fused-ring (bicyclic) bond motifs is 2. The third-order valence-corrected chi connectivity index (χ3v) is 13.3. The van der Waals surface area contributed by atoms with Crippen LogP contribution < -0.4 is 24.8 Å². The van der Waals surface area contributed by atoms with Crippen molar-refractivity contribution in [1.29, 1.82) is 0 Å². The van der Waals surface area contributed by atoms with E-state index in [0.717, 1.165) is 45.5 Å². The molecule has 0 nitrogen and oxygen atoms in total. The number of alkyl halides is 6. The zero-order chi connectivity index (χ0) is 29.1. The Labute approximate surface area is 270 Å². The molecule has 4 aromatic carbocycles. The Morgan fingerprint density at radius 3 is 1.21 bits per heavy atom. The smallest absolute Gasteiger partial charge is 1.00 e. The summed E-state index contributed by atoms with van der Waals surface area (Å²) in [6, 6.07) is 22.5. The summed E-state index contributed by atoms with van der Waals surface area (Å²) in [5, 5.41) is 0. The maximum absolute atomic E-state index is 13.9. The van der Waals surface area contributed by atoms with Crippen LogP contribution in [0.2, 0.25) is 0 Å². The monoisotopic (exact) mass is 706 g/mol. The molecule has 0 radical (unpaired) electrons. The van der Waals surface area contributed by atoms with Gasteiger partial charge in [0.15, 0.2) is 0 Å². The number of allylic oxidation sites excluding steroid dienone is 2. The standard InChI is InChI=1S/2C17H12F3.2ClH.Zr/c2*1-11-9-12-5-4-7-13(15(12)10-11)14-6-2-3-8-16(14)17(18,19)20;;;/h2*2-10H,1H3;2*1H;/q;;;;+2/p-2. The summed E-state index contributed by atoms with van der Waals surface area (Å²) in [7, 11) is 0. The Hall–Kier alpha value is -2.60. The molecule has 0 aliphatic heterocycles. The van der Waals surface area contributed by atoms with Gasteiger partial charge in [-0.3, -0.25) is 0 Å². The van der Waals surface area contributed by atoms with E-state index in [1.165, 1.54) is 24.3 Å². The van der Waals surface area contributed by atoms with Crippen molar-refractivity contribution in [2.45, 2.75) is 33.5 Å². The second-order valence-corrected chi connectivity index (χ2v) is 14.2. The van der Waals surface area contributed by atoms with Crippen LogP contribution in [0.5, 0.6) is 0 Å². The molecule has 0 saturated heterocycles. The molecule has 9 heteroatoms. The number of hydrogen-bond acceptors (Lipinski definition) is 0.